The van der Waals surface area contributed by atoms with Crippen LogP contribution in [0, 0.1) is 18.3 Å². The SMILES string of the molecule is COc1cc(C=C(C#N)C(=O)Nc2cc(C)on2)cc(Br)c1OCCCOc1ccccc1. The number of amides is 1. The molecule has 0 fully saturated rings. The summed E-state index contributed by atoms with van der Waals surface area (Å²) in [5, 5.41) is 15.7. The first-order chi connectivity index (χ1) is 16.0. The number of ether oxygens (including phenoxy) is 3. The summed E-state index contributed by atoms with van der Waals surface area (Å²) in [5.74, 6) is 1.98. The number of carbonyl (C=O) groups is 1. The molecule has 3 rings (SSSR count). The van der Waals surface area contributed by atoms with E-state index in [1.807, 2.05) is 36.4 Å². The largest absolute Gasteiger partial charge is 0.493 e. The van der Waals surface area contributed by atoms with E-state index in [0.717, 1.165) is 5.75 Å². The van der Waals surface area contributed by atoms with Crippen molar-refractivity contribution in [3.05, 3.63) is 69.9 Å². The molecule has 0 aliphatic heterocycles. The van der Waals surface area contributed by atoms with Crippen LogP contribution in [0.1, 0.15) is 17.7 Å². The molecule has 0 unspecified atom stereocenters. The van der Waals surface area contributed by atoms with Crippen molar-refractivity contribution in [2.75, 3.05) is 25.6 Å². The van der Waals surface area contributed by atoms with Gasteiger partial charge in [-0.15, -0.1) is 0 Å². The van der Waals surface area contributed by atoms with Gasteiger partial charge in [0.05, 0.1) is 24.8 Å². The number of nitriles is 1. The average Bonchev–Trinajstić information content (AvgIpc) is 3.22. The van der Waals surface area contributed by atoms with Gasteiger partial charge in [0.15, 0.2) is 17.3 Å². The van der Waals surface area contributed by atoms with Crippen LogP contribution < -0.4 is 19.5 Å². The number of benzene rings is 2. The van der Waals surface area contributed by atoms with Crippen LogP contribution in [0.25, 0.3) is 6.08 Å². The van der Waals surface area contributed by atoms with Crippen LogP contribution >= 0.6 is 15.9 Å². The number of anilines is 1. The Labute approximate surface area is 199 Å². The highest BCUT2D eigenvalue weighted by Crippen LogP contribution is 2.37. The Morgan fingerprint density at radius 2 is 1.97 bits per heavy atom. The lowest BCUT2D eigenvalue weighted by atomic mass is 10.1. The van der Waals surface area contributed by atoms with Crippen molar-refractivity contribution >= 4 is 33.7 Å². The van der Waals surface area contributed by atoms with E-state index in [4.69, 9.17) is 18.7 Å². The third-order valence-corrected chi connectivity index (χ3v) is 4.93. The minimum Gasteiger partial charge on any atom is -0.493 e. The summed E-state index contributed by atoms with van der Waals surface area (Å²) in [5.41, 5.74) is 0.484. The second kappa shape index (κ2) is 11.7. The Morgan fingerprint density at radius 3 is 2.64 bits per heavy atom. The van der Waals surface area contributed by atoms with Crippen LogP contribution in [-0.4, -0.2) is 31.4 Å². The first kappa shape index (κ1) is 23.9. The van der Waals surface area contributed by atoms with Gasteiger partial charge in [0, 0.05) is 12.5 Å². The van der Waals surface area contributed by atoms with Gasteiger partial charge in [0.2, 0.25) is 0 Å². The molecule has 1 aromatic heterocycles. The van der Waals surface area contributed by atoms with Gasteiger partial charge in [-0.1, -0.05) is 23.4 Å². The Bertz CT molecular complexity index is 1170. The second-order valence-electron chi connectivity index (χ2n) is 6.84. The van der Waals surface area contributed by atoms with E-state index in [0.29, 0.717) is 46.9 Å². The molecule has 33 heavy (non-hydrogen) atoms. The predicted molar refractivity (Wildman–Crippen MR) is 126 cm³/mol. The van der Waals surface area contributed by atoms with E-state index in [9.17, 15) is 10.1 Å². The van der Waals surface area contributed by atoms with Crippen LogP contribution in [0.4, 0.5) is 5.82 Å². The molecule has 0 radical (unpaired) electrons. The zero-order valence-corrected chi connectivity index (χ0v) is 19.7. The minimum atomic E-state index is -0.598. The molecule has 0 saturated heterocycles. The van der Waals surface area contributed by atoms with Gasteiger partial charge >= 0.3 is 0 Å². The van der Waals surface area contributed by atoms with Gasteiger partial charge in [-0.05, 0) is 58.8 Å². The molecule has 0 aliphatic rings. The number of nitrogens with one attached hydrogen (secondary N) is 1. The molecular formula is C24H22BrN3O5. The summed E-state index contributed by atoms with van der Waals surface area (Å²) in [4.78, 5) is 12.4. The number of halogens is 1. The summed E-state index contributed by atoms with van der Waals surface area (Å²) in [7, 11) is 1.52. The fourth-order valence-electron chi connectivity index (χ4n) is 2.83. The number of hydrogen-bond donors (Lipinski definition) is 1. The summed E-state index contributed by atoms with van der Waals surface area (Å²) in [6.07, 6.45) is 2.12. The number of rotatable bonds is 10. The number of aryl methyl sites for hydroxylation is 1. The van der Waals surface area contributed by atoms with E-state index in [1.54, 1.807) is 25.1 Å². The van der Waals surface area contributed by atoms with Crippen molar-refractivity contribution in [3.8, 4) is 23.3 Å². The van der Waals surface area contributed by atoms with Gasteiger partial charge in [0.1, 0.15) is 23.2 Å². The third kappa shape index (κ3) is 6.85. The molecule has 2 aromatic carbocycles. The highest BCUT2D eigenvalue weighted by molar-refractivity contribution is 9.10. The molecule has 3 aromatic rings. The van der Waals surface area contributed by atoms with Crippen molar-refractivity contribution < 1.29 is 23.5 Å². The van der Waals surface area contributed by atoms with Gasteiger partial charge in [0.25, 0.3) is 5.91 Å². The Hall–Kier alpha value is -3.77. The second-order valence-corrected chi connectivity index (χ2v) is 7.70. The van der Waals surface area contributed by atoms with E-state index < -0.39 is 5.91 Å². The van der Waals surface area contributed by atoms with Gasteiger partial charge in [-0.3, -0.25) is 4.79 Å². The molecule has 1 heterocycles. The first-order valence-electron chi connectivity index (χ1n) is 10.0. The van der Waals surface area contributed by atoms with Crippen LogP contribution in [-0.2, 0) is 4.79 Å². The zero-order chi connectivity index (χ0) is 23.6. The predicted octanol–water partition coefficient (Wildman–Crippen LogP) is 5.15. The fourth-order valence-corrected chi connectivity index (χ4v) is 3.40. The van der Waals surface area contributed by atoms with Gasteiger partial charge < -0.3 is 24.1 Å². The van der Waals surface area contributed by atoms with Crippen molar-refractivity contribution in [3.63, 3.8) is 0 Å². The Kier molecular flexibility index (Phi) is 8.49. The Morgan fingerprint density at radius 1 is 1.21 bits per heavy atom. The minimum absolute atomic E-state index is 0.101. The van der Waals surface area contributed by atoms with Crippen molar-refractivity contribution in [1.82, 2.24) is 5.16 Å². The number of para-hydroxylation sites is 1. The number of aromatic nitrogens is 1. The lowest BCUT2D eigenvalue weighted by Crippen LogP contribution is -2.13. The lowest BCUT2D eigenvalue weighted by Gasteiger charge is -2.14. The topological polar surface area (TPSA) is 107 Å². The van der Waals surface area contributed by atoms with Crippen LogP contribution in [0.5, 0.6) is 17.2 Å². The summed E-state index contributed by atoms with van der Waals surface area (Å²) in [6, 6.07) is 16.4. The first-order valence-corrected chi connectivity index (χ1v) is 10.8. The summed E-state index contributed by atoms with van der Waals surface area (Å²) >= 11 is 3.48. The molecule has 0 spiro atoms. The monoisotopic (exact) mass is 511 g/mol. The molecule has 0 atom stereocenters. The van der Waals surface area contributed by atoms with Crippen molar-refractivity contribution in [1.29, 1.82) is 5.26 Å². The van der Waals surface area contributed by atoms with E-state index >= 15 is 0 Å². The van der Waals surface area contributed by atoms with Crippen molar-refractivity contribution in [2.24, 2.45) is 0 Å². The molecular weight excluding hydrogens is 490 g/mol. The number of methoxy groups -OCH3 is 1. The van der Waals surface area contributed by atoms with Crippen LogP contribution in [0.2, 0.25) is 0 Å². The van der Waals surface area contributed by atoms with Gasteiger partial charge in [-0.2, -0.15) is 5.26 Å². The quantitative estimate of drug-likeness (QED) is 0.228. The highest BCUT2D eigenvalue weighted by atomic mass is 79.9. The molecule has 0 saturated carbocycles. The highest BCUT2D eigenvalue weighted by Gasteiger charge is 2.15. The molecule has 1 amide bonds. The zero-order valence-electron chi connectivity index (χ0n) is 18.1. The fraction of sp³-hybridized carbons (Fsp3) is 0.208. The molecule has 9 heteroatoms. The maximum atomic E-state index is 12.4. The number of hydrogen-bond acceptors (Lipinski definition) is 7. The molecule has 170 valence electrons. The standard InChI is InChI=1S/C24H22BrN3O5/c1-16-11-22(28-33-16)27-24(29)18(15-26)12-17-13-20(25)23(21(14-17)30-2)32-10-6-9-31-19-7-4-3-5-8-19/h3-5,7-8,11-14H,6,9-10H2,1-2H3,(H,27,28,29). The maximum absolute atomic E-state index is 12.4. The number of nitrogens with zero attached hydrogens (tertiary/aromatic N) is 2. The van der Waals surface area contributed by atoms with E-state index in [1.165, 1.54) is 13.2 Å². The smallest absolute Gasteiger partial charge is 0.267 e. The van der Waals surface area contributed by atoms with E-state index in [2.05, 4.69) is 26.4 Å². The lowest BCUT2D eigenvalue weighted by molar-refractivity contribution is -0.112. The Balaban J connectivity index is 1.64. The maximum Gasteiger partial charge on any atom is 0.267 e. The third-order valence-electron chi connectivity index (χ3n) is 4.34. The summed E-state index contributed by atoms with van der Waals surface area (Å²) in [6.45, 7) is 2.63. The summed E-state index contributed by atoms with van der Waals surface area (Å²) < 4.78 is 22.5. The van der Waals surface area contributed by atoms with Crippen molar-refractivity contribution in [2.45, 2.75) is 13.3 Å². The molecule has 8 nitrogen and oxygen atoms in total. The van der Waals surface area contributed by atoms with E-state index in [-0.39, 0.29) is 11.4 Å². The van der Waals surface area contributed by atoms with Crippen LogP contribution in [0.15, 0.2) is 63.1 Å². The van der Waals surface area contributed by atoms with Gasteiger partial charge in [-0.25, -0.2) is 0 Å². The average molecular weight is 512 g/mol. The molecule has 0 bridgehead atoms. The molecule has 1 N–H and O–H groups in total. The number of carbonyl (C=O) groups excluding carboxylic acids is 1. The van der Waals surface area contributed by atoms with Crippen LogP contribution in [0.3, 0.4) is 0 Å². The normalized spacial score (nSPS) is 10.9. The molecule has 0 aliphatic carbocycles.